The van der Waals surface area contributed by atoms with E-state index in [9.17, 15) is 9.90 Å². The molecule has 0 bridgehead atoms. The normalized spacial score (nSPS) is 17.0. The lowest BCUT2D eigenvalue weighted by Crippen LogP contribution is -2.50. The first-order chi connectivity index (χ1) is 9.76. The van der Waals surface area contributed by atoms with E-state index in [1.54, 1.807) is 12.1 Å². The molecular formula is C15H24N4O2. The predicted octanol–water partition coefficient (Wildman–Crippen LogP) is 0.261. The number of nitrogen functional groups attached to an aromatic ring is 1. The topological polar surface area (TPSA) is 95.8 Å². The third-order valence-corrected chi connectivity index (χ3v) is 3.65. The molecule has 1 aromatic carbocycles. The predicted molar refractivity (Wildman–Crippen MR) is 84.3 cm³/mol. The van der Waals surface area contributed by atoms with E-state index in [0.717, 1.165) is 31.9 Å². The molecule has 21 heavy (non-hydrogen) atoms. The van der Waals surface area contributed by atoms with Crippen LogP contribution in [0.4, 0.5) is 11.4 Å². The van der Waals surface area contributed by atoms with Crippen molar-refractivity contribution >= 4 is 17.3 Å². The van der Waals surface area contributed by atoms with Crippen LogP contribution in [0.3, 0.4) is 0 Å². The second-order valence-electron chi connectivity index (χ2n) is 6.21. The van der Waals surface area contributed by atoms with Gasteiger partial charge in [-0.05, 0) is 32.0 Å². The Morgan fingerprint density at radius 2 is 1.90 bits per heavy atom. The van der Waals surface area contributed by atoms with Crippen molar-refractivity contribution < 1.29 is 9.90 Å². The summed E-state index contributed by atoms with van der Waals surface area (Å²) in [6.07, 6.45) is 0. The third kappa shape index (κ3) is 4.09. The summed E-state index contributed by atoms with van der Waals surface area (Å²) in [6.45, 7) is 7.74. The van der Waals surface area contributed by atoms with Crippen LogP contribution in [0, 0.1) is 0 Å². The van der Waals surface area contributed by atoms with Crippen molar-refractivity contribution in [3.63, 3.8) is 0 Å². The van der Waals surface area contributed by atoms with Crippen molar-refractivity contribution in [2.24, 2.45) is 5.73 Å². The van der Waals surface area contributed by atoms with Gasteiger partial charge in [0.15, 0.2) is 0 Å². The SMILES string of the molecule is CC(C)(O)CN1CCN(c2ccc(N)c(C(N)=O)c2)CC1. The number of nitrogens with zero attached hydrogens (tertiary/aromatic N) is 2. The molecule has 6 nitrogen and oxygen atoms in total. The van der Waals surface area contributed by atoms with Gasteiger partial charge in [-0.15, -0.1) is 0 Å². The number of hydrogen-bond donors (Lipinski definition) is 3. The van der Waals surface area contributed by atoms with Crippen molar-refractivity contribution in [1.82, 2.24) is 4.90 Å². The number of β-amino-alcohol motifs (C(OH)–C–C–N with tert-alkyl or cyclic N) is 1. The lowest BCUT2D eigenvalue weighted by molar-refractivity contribution is 0.0345. The minimum Gasteiger partial charge on any atom is -0.398 e. The van der Waals surface area contributed by atoms with Crippen LogP contribution in [0.2, 0.25) is 0 Å². The molecule has 0 radical (unpaired) electrons. The van der Waals surface area contributed by atoms with Crippen LogP contribution in [0.15, 0.2) is 18.2 Å². The summed E-state index contributed by atoms with van der Waals surface area (Å²) in [4.78, 5) is 15.8. The monoisotopic (exact) mass is 292 g/mol. The molecule has 116 valence electrons. The average Bonchev–Trinajstić information content (AvgIpc) is 2.38. The molecule has 2 rings (SSSR count). The number of carbonyl (C=O) groups is 1. The van der Waals surface area contributed by atoms with Crippen LogP contribution < -0.4 is 16.4 Å². The molecule has 1 saturated heterocycles. The fourth-order valence-electron chi connectivity index (χ4n) is 2.67. The molecule has 1 amide bonds. The highest BCUT2D eigenvalue weighted by atomic mass is 16.3. The number of primary amides is 1. The standard InChI is InChI=1S/C15H24N4O2/c1-15(2,21)10-18-5-7-19(8-6-18)11-3-4-13(16)12(9-11)14(17)20/h3-4,9,21H,5-8,10,16H2,1-2H3,(H2,17,20). The van der Waals surface area contributed by atoms with Crippen molar-refractivity contribution in [1.29, 1.82) is 0 Å². The summed E-state index contributed by atoms with van der Waals surface area (Å²) < 4.78 is 0. The molecule has 1 fully saturated rings. The highest BCUT2D eigenvalue weighted by Crippen LogP contribution is 2.22. The molecule has 0 aromatic heterocycles. The van der Waals surface area contributed by atoms with E-state index in [-0.39, 0.29) is 0 Å². The van der Waals surface area contributed by atoms with Gasteiger partial charge in [0.05, 0.1) is 11.2 Å². The maximum absolute atomic E-state index is 11.4. The van der Waals surface area contributed by atoms with Gasteiger partial charge in [-0.2, -0.15) is 0 Å². The maximum Gasteiger partial charge on any atom is 0.250 e. The quantitative estimate of drug-likeness (QED) is 0.692. The maximum atomic E-state index is 11.4. The zero-order valence-electron chi connectivity index (χ0n) is 12.7. The summed E-state index contributed by atoms with van der Waals surface area (Å²) in [7, 11) is 0. The number of carbonyl (C=O) groups excluding carboxylic acids is 1. The van der Waals surface area contributed by atoms with Crippen LogP contribution in [0.25, 0.3) is 0 Å². The molecular weight excluding hydrogens is 268 g/mol. The zero-order valence-corrected chi connectivity index (χ0v) is 12.7. The summed E-state index contributed by atoms with van der Waals surface area (Å²) in [5, 5.41) is 9.86. The minimum atomic E-state index is -0.678. The number of benzene rings is 1. The second kappa shape index (κ2) is 5.91. The van der Waals surface area contributed by atoms with Gasteiger partial charge < -0.3 is 21.5 Å². The number of aliphatic hydroxyl groups is 1. The molecule has 0 aliphatic carbocycles. The number of hydrogen-bond acceptors (Lipinski definition) is 5. The largest absolute Gasteiger partial charge is 0.398 e. The molecule has 1 aromatic rings. The Balaban J connectivity index is 2.02. The molecule has 0 unspecified atom stereocenters. The zero-order chi connectivity index (χ0) is 15.6. The van der Waals surface area contributed by atoms with Crippen molar-refractivity contribution in [2.45, 2.75) is 19.4 Å². The van der Waals surface area contributed by atoms with E-state index in [2.05, 4.69) is 9.80 Å². The van der Waals surface area contributed by atoms with Gasteiger partial charge in [0.25, 0.3) is 5.91 Å². The van der Waals surface area contributed by atoms with Crippen molar-refractivity contribution in [3.05, 3.63) is 23.8 Å². The Morgan fingerprint density at radius 1 is 1.29 bits per heavy atom. The van der Waals surface area contributed by atoms with E-state index >= 15 is 0 Å². The first-order valence-corrected chi connectivity index (χ1v) is 7.15. The van der Waals surface area contributed by atoms with Crippen LogP contribution >= 0.6 is 0 Å². The Bertz CT molecular complexity index is 517. The lowest BCUT2D eigenvalue weighted by Gasteiger charge is -2.38. The number of rotatable bonds is 4. The van der Waals surface area contributed by atoms with E-state index < -0.39 is 11.5 Å². The first-order valence-electron chi connectivity index (χ1n) is 7.15. The van der Waals surface area contributed by atoms with Gasteiger partial charge in [0.1, 0.15) is 0 Å². The lowest BCUT2D eigenvalue weighted by atomic mass is 10.1. The minimum absolute atomic E-state index is 0.367. The van der Waals surface area contributed by atoms with Gasteiger partial charge >= 0.3 is 0 Å². The Morgan fingerprint density at radius 3 is 2.43 bits per heavy atom. The fraction of sp³-hybridized carbons (Fsp3) is 0.533. The van der Waals surface area contributed by atoms with Crippen molar-refractivity contribution in [2.75, 3.05) is 43.4 Å². The second-order valence-corrected chi connectivity index (χ2v) is 6.21. The molecule has 1 aliphatic rings. The third-order valence-electron chi connectivity index (χ3n) is 3.65. The Labute approximate surface area is 125 Å². The molecule has 5 N–H and O–H groups in total. The molecule has 6 heteroatoms. The Hall–Kier alpha value is -1.79. The summed E-state index contributed by atoms with van der Waals surface area (Å²) in [5.41, 5.74) is 12.1. The van der Waals surface area contributed by atoms with Gasteiger partial charge in [-0.25, -0.2) is 0 Å². The number of piperazine rings is 1. The Kier molecular flexibility index (Phi) is 4.39. The smallest absolute Gasteiger partial charge is 0.250 e. The van der Waals surface area contributed by atoms with E-state index in [1.807, 2.05) is 19.9 Å². The van der Waals surface area contributed by atoms with E-state index in [0.29, 0.717) is 17.8 Å². The summed E-state index contributed by atoms with van der Waals surface area (Å²) in [5.74, 6) is -0.505. The molecule has 1 heterocycles. The number of nitrogens with two attached hydrogens (primary N) is 2. The molecule has 1 aliphatic heterocycles. The molecule has 0 atom stereocenters. The van der Waals surface area contributed by atoms with Gasteiger partial charge in [-0.3, -0.25) is 9.69 Å². The van der Waals surface area contributed by atoms with E-state index in [4.69, 9.17) is 11.5 Å². The van der Waals surface area contributed by atoms with E-state index in [1.165, 1.54) is 0 Å². The number of anilines is 2. The van der Waals surface area contributed by atoms with Crippen LogP contribution in [-0.2, 0) is 0 Å². The summed E-state index contributed by atoms with van der Waals surface area (Å²) >= 11 is 0. The highest BCUT2D eigenvalue weighted by molar-refractivity contribution is 5.99. The van der Waals surface area contributed by atoms with Gasteiger partial charge in [-0.1, -0.05) is 0 Å². The fourth-order valence-corrected chi connectivity index (χ4v) is 2.67. The number of amides is 1. The highest BCUT2D eigenvalue weighted by Gasteiger charge is 2.23. The first kappa shape index (κ1) is 15.6. The van der Waals surface area contributed by atoms with Gasteiger partial charge in [0, 0.05) is 44.1 Å². The summed E-state index contributed by atoms with van der Waals surface area (Å²) in [6, 6.07) is 5.38. The van der Waals surface area contributed by atoms with Crippen LogP contribution in [-0.4, -0.2) is 54.2 Å². The van der Waals surface area contributed by atoms with Gasteiger partial charge in [0.2, 0.25) is 0 Å². The van der Waals surface area contributed by atoms with Crippen LogP contribution in [0.5, 0.6) is 0 Å². The van der Waals surface area contributed by atoms with Crippen LogP contribution in [0.1, 0.15) is 24.2 Å². The average molecular weight is 292 g/mol. The molecule has 0 saturated carbocycles. The molecule has 0 spiro atoms. The van der Waals surface area contributed by atoms with Crippen molar-refractivity contribution in [3.8, 4) is 0 Å².